The van der Waals surface area contributed by atoms with Gasteiger partial charge in [-0.15, -0.1) is 0 Å². The minimum Gasteiger partial charge on any atom is -0.374 e. The van der Waals surface area contributed by atoms with Gasteiger partial charge in [-0.25, -0.2) is 0 Å². The highest BCUT2D eigenvalue weighted by molar-refractivity contribution is 5.76. The van der Waals surface area contributed by atoms with Gasteiger partial charge >= 0.3 is 0 Å². The molecule has 1 heterocycles. The normalized spacial score (nSPS) is 20.4. The summed E-state index contributed by atoms with van der Waals surface area (Å²) in [6.07, 6.45) is 0.817. The Balaban J connectivity index is 2.16. The number of nitrogens with one attached hydrogen (secondary N) is 1. The van der Waals surface area contributed by atoms with Gasteiger partial charge in [0.2, 0.25) is 5.91 Å². The fraction of sp³-hybridized carbons (Fsp3) is 0.933. The topological polar surface area (TPSA) is 44.8 Å². The molecule has 1 aliphatic heterocycles. The van der Waals surface area contributed by atoms with E-state index >= 15 is 0 Å². The van der Waals surface area contributed by atoms with Gasteiger partial charge in [-0.2, -0.15) is 0 Å². The lowest BCUT2D eigenvalue weighted by Gasteiger charge is -2.35. The molecule has 1 unspecified atom stereocenters. The predicted molar refractivity (Wildman–Crippen MR) is 81.9 cm³/mol. The zero-order chi connectivity index (χ0) is 15.0. The Morgan fingerprint density at radius 2 is 2.10 bits per heavy atom. The molecule has 1 aliphatic rings. The van der Waals surface area contributed by atoms with Crippen molar-refractivity contribution in [2.45, 2.75) is 46.3 Å². The lowest BCUT2D eigenvalue weighted by molar-refractivity contribution is -0.130. The van der Waals surface area contributed by atoms with E-state index in [4.69, 9.17) is 4.74 Å². The minimum absolute atomic E-state index is 0.232. The third kappa shape index (κ3) is 5.77. The lowest BCUT2D eigenvalue weighted by Crippen LogP contribution is -2.49. The minimum atomic E-state index is 0.232. The van der Waals surface area contributed by atoms with E-state index in [0.29, 0.717) is 12.5 Å². The summed E-state index contributed by atoms with van der Waals surface area (Å²) in [4.78, 5) is 16.2. The Labute approximate surface area is 123 Å². The maximum atomic E-state index is 11.8. The number of nitrogens with zero attached hydrogens (tertiary/aromatic N) is 2. The van der Waals surface area contributed by atoms with Crippen LogP contribution in [0.25, 0.3) is 0 Å². The Morgan fingerprint density at radius 3 is 2.70 bits per heavy atom. The summed E-state index contributed by atoms with van der Waals surface area (Å²) in [5, 5.41) is 3.35. The van der Waals surface area contributed by atoms with Crippen molar-refractivity contribution in [2.75, 3.05) is 45.9 Å². The third-order valence-electron chi connectivity index (χ3n) is 3.90. The largest absolute Gasteiger partial charge is 0.374 e. The van der Waals surface area contributed by atoms with Gasteiger partial charge in [0.05, 0.1) is 12.7 Å². The quantitative estimate of drug-likeness (QED) is 0.674. The van der Waals surface area contributed by atoms with Crippen molar-refractivity contribution in [1.29, 1.82) is 0 Å². The van der Waals surface area contributed by atoms with Crippen molar-refractivity contribution >= 4 is 5.91 Å². The van der Waals surface area contributed by atoms with E-state index in [1.165, 1.54) is 0 Å². The fourth-order valence-corrected chi connectivity index (χ4v) is 2.53. The maximum Gasteiger partial charge on any atom is 0.223 e. The fourth-order valence-electron chi connectivity index (χ4n) is 2.53. The molecule has 5 nitrogen and oxygen atoms in total. The SMILES string of the molecule is CCN(CC)C(=O)CCNCC1CN(C(C)C)CCO1. The van der Waals surface area contributed by atoms with Gasteiger partial charge < -0.3 is 15.0 Å². The van der Waals surface area contributed by atoms with Crippen LogP contribution in [-0.4, -0.2) is 73.7 Å². The number of carbonyl (C=O) groups is 1. The molecule has 1 atom stereocenters. The molecule has 0 aliphatic carbocycles. The van der Waals surface area contributed by atoms with Crippen molar-refractivity contribution in [3.8, 4) is 0 Å². The number of hydrogen-bond donors (Lipinski definition) is 1. The average Bonchev–Trinajstić information content (AvgIpc) is 2.45. The second-order valence-electron chi connectivity index (χ2n) is 5.60. The van der Waals surface area contributed by atoms with Crippen LogP contribution in [0.1, 0.15) is 34.1 Å². The molecule has 118 valence electrons. The molecule has 0 radical (unpaired) electrons. The number of morpholine rings is 1. The summed E-state index contributed by atoms with van der Waals surface area (Å²) in [5.41, 5.74) is 0. The van der Waals surface area contributed by atoms with E-state index in [-0.39, 0.29) is 12.0 Å². The van der Waals surface area contributed by atoms with Crippen molar-refractivity contribution < 1.29 is 9.53 Å². The van der Waals surface area contributed by atoms with Crippen LogP contribution in [0.4, 0.5) is 0 Å². The average molecular weight is 285 g/mol. The van der Waals surface area contributed by atoms with Gasteiger partial charge in [0.1, 0.15) is 0 Å². The number of amides is 1. The first-order valence-electron chi connectivity index (χ1n) is 7.92. The molecular weight excluding hydrogens is 254 g/mol. The maximum absolute atomic E-state index is 11.8. The molecule has 1 amide bonds. The highest BCUT2D eigenvalue weighted by Crippen LogP contribution is 2.07. The Hall–Kier alpha value is -0.650. The van der Waals surface area contributed by atoms with Crippen molar-refractivity contribution in [3.63, 3.8) is 0 Å². The molecule has 0 bridgehead atoms. The number of ether oxygens (including phenoxy) is 1. The molecule has 1 rings (SSSR count). The molecule has 0 aromatic heterocycles. The van der Waals surface area contributed by atoms with Gasteiger partial charge in [0.25, 0.3) is 0 Å². The van der Waals surface area contributed by atoms with Gasteiger partial charge in [-0.3, -0.25) is 9.69 Å². The van der Waals surface area contributed by atoms with Crippen LogP contribution < -0.4 is 5.32 Å². The Kier molecular flexibility index (Phi) is 8.11. The van der Waals surface area contributed by atoms with Crippen LogP contribution in [-0.2, 0) is 9.53 Å². The van der Waals surface area contributed by atoms with Crippen LogP contribution in [0.2, 0.25) is 0 Å². The molecule has 1 fully saturated rings. The summed E-state index contributed by atoms with van der Waals surface area (Å²) in [5.74, 6) is 0.232. The summed E-state index contributed by atoms with van der Waals surface area (Å²) in [7, 11) is 0. The van der Waals surface area contributed by atoms with Crippen LogP contribution >= 0.6 is 0 Å². The lowest BCUT2D eigenvalue weighted by atomic mass is 10.2. The van der Waals surface area contributed by atoms with Gasteiger partial charge in [0, 0.05) is 51.7 Å². The smallest absolute Gasteiger partial charge is 0.223 e. The molecule has 1 saturated heterocycles. The Bertz CT molecular complexity index is 280. The second-order valence-corrected chi connectivity index (χ2v) is 5.60. The van der Waals surface area contributed by atoms with Crippen molar-refractivity contribution in [1.82, 2.24) is 15.1 Å². The number of hydrogen-bond acceptors (Lipinski definition) is 4. The van der Waals surface area contributed by atoms with Gasteiger partial charge in [-0.1, -0.05) is 0 Å². The van der Waals surface area contributed by atoms with Gasteiger partial charge in [0.15, 0.2) is 0 Å². The first-order chi connectivity index (χ1) is 9.58. The van der Waals surface area contributed by atoms with Crippen LogP contribution in [0.3, 0.4) is 0 Å². The monoisotopic (exact) mass is 285 g/mol. The molecule has 5 heteroatoms. The molecular formula is C15H31N3O2. The highest BCUT2D eigenvalue weighted by atomic mass is 16.5. The number of rotatable bonds is 8. The molecule has 0 aromatic rings. The van der Waals surface area contributed by atoms with Crippen LogP contribution in [0.5, 0.6) is 0 Å². The van der Waals surface area contributed by atoms with E-state index in [9.17, 15) is 4.79 Å². The molecule has 1 N–H and O–H groups in total. The van der Waals surface area contributed by atoms with E-state index in [1.807, 2.05) is 18.7 Å². The first-order valence-corrected chi connectivity index (χ1v) is 7.92. The molecule has 0 aromatic carbocycles. The standard InChI is InChI=1S/C15H31N3O2/c1-5-17(6-2)15(19)7-8-16-11-14-12-18(13(3)4)9-10-20-14/h13-14,16H,5-12H2,1-4H3. The molecule has 0 spiro atoms. The van der Waals surface area contributed by atoms with E-state index < -0.39 is 0 Å². The van der Waals surface area contributed by atoms with Gasteiger partial charge in [-0.05, 0) is 27.7 Å². The summed E-state index contributed by atoms with van der Waals surface area (Å²) in [6.45, 7) is 14.4. The zero-order valence-corrected chi connectivity index (χ0v) is 13.5. The molecule has 0 saturated carbocycles. The van der Waals surface area contributed by atoms with E-state index in [1.54, 1.807) is 0 Å². The zero-order valence-electron chi connectivity index (χ0n) is 13.5. The first kappa shape index (κ1) is 17.4. The summed E-state index contributed by atoms with van der Waals surface area (Å²) < 4.78 is 5.76. The Morgan fingerprint density at radius 1 is 1.40 bits per heavy atom. The highest BCUT2D eigenvalue weighted by Gasteiger charge is 2.21. The van der Waals surface area contributed by atoms with Crippen LogP contribution in [0.15, 0.2) is 0 Å². The summed E-state index contributed by atoms with van der Waals surface area (Å²) in [6, 6.07) is 0.575. The number of carbonyl (C=O) groups excluding carboxylic acids is 1. The van der Waals surface area contributed by atoms with E-state index in [0.717, 1.165) is 45.9 Å². The predicted octanol–water partition coefficient (Wildman–Crippen LogP) is 0.944. The third-order valence-corrected chi connectivity index (χ3v) is 3.90. The van der Waals surface area contributed by atoms with E-state index in [2.05, 4.69) is 24.1 Å². The second kappa shape index (κ2) is 9.32. The van der Waals surface area contributed by atoms with Crippen molar-refractivity contribution in [2.24, 2.45) is 0 Å². The van der Waals surface area contributed by atoms with Crippen LogP contribution in [0, 0.1) is 0 Å². The molecule has 20 heavy (non-hydrogen) atoms. The summed E-state index contributed by atoms with van der Waals surface area (Å²) >= 11 is 0. The van der Waals surface area contributed by atoms with Crippen molar-refractivity contribution in [3.05, 3.63) is 0 Å².